The van der Waals surface area contributed by atoms with E-state index >= 15 is 0 Å². The first-order valence-corrected chi connectivity index (χ1v) is 12.8. The van der Waals surface area contributed by atoms with E-state index in [1.54, 1.807) is 35.4 Å². The first-order chi connectivity index (χ1) is 19.0. The van der Waals surface area contributed by atoms with Gasteiger partial charge in [-0.2, -0.15) is 0 Å². The Morgan fingerprint density at radius 2 is 1.64 bits per heavy atom. The third kappa shape index (κ3) is 10.2. The summed E-state index contributed by atoms with van der Waals surface area (Å²) in [6, 6.07) is 5.66. The van der Waals surface area contributed by atoms with Gasteiger partial charge in [-0.05, 0) is 61.6 Å². The molecule has 0 spiro atoms. The minimum atomic E-state index is 0.508. The van der Waals surface area contributed by atoms with Crippen molar-refractivity contribution < 1.29 is 18.9 Å². The monoisotopic (exact) mass is 528 g/mol. The van der Waals surface area contributed by atoms with Gasteiger partial charge in [-0.25, -0.2) is 9.98 Å². The van der Waals surface area contributed by atoms with Gasteiger partial charge in [0.25, 0.3) is 0 Å². The van der Waals surface area contributed by atoms with E-state index in [1.165, 1.54) is 12.8 Å². The van der Waals surface area contributed by atoms with Crippen molar-refractivity contribution >= 4 is 23.1 Å². The fraction of sp³-hybridized carbons (Fsp3) is 0.273. The Balaban J connectivity index is 0.000000780. The van der Waals surface area contributed by atoms with E-state index in [9.17, 15) is 0 Å². The predicted molar refractivity (Wildman–Crippen MR) is 164 cm³/mol. The highest BCUT2D eigenvalue weighted by molar-refractivity contribution is 5.97. The zero-order chi connectivity index (χ0) is 28.5. The van der Waals surface area contributed by atoms with Crippen LogP contribution in [0.2, 0.25) is 0 Å². The fourth-order valence-corrected chi connectivity index (χ4v) is 3.54. The van der Waals surface area contributed by atoms with Gasteiger partial charge >= 0.3 is 0 Å². The van der Waals surface area contributed by atoms with Gasteiger partial charge in [-0.15, -0.1) is 0 Å². The molecule has 0 saturated carbocycles. The van der Waals surface area contributed by atoms with Crippen LogP contribution in [0.3, 0.4) is 0 Å². The number of benzene rings is 1. The first-order valence-electron chi connectivity index (χ1n) is 12.8. The second kappa shape index (κ2) is 17.2. The summed E-state index contributed by atoms with van der Waals surface area (Å²) in [5, 5.41) is 0. The molecule has 0 aliphatic heterocycles. The molecular formula is C33H40N2O4. The minimum Gasteiger partial charge on any atom is -0.494 e. The molecule has 1 aromatic rings. The molecule has 2 aliphatic carbocycles. The second-order valence-electron chi connectivity index (χ2n) is 8.37. The van der Waals surface area contributed by atoms with Gasteiger partial charge in [0, 0.05) is 12.5 Å². The van der Waals surface area contributed by atoms with Crippen LogP contribution in [0.1, 0.15) is 38.7 Å². The number of hydrogen-bond donors (Lipinski definition) is 0. The molecule has 6 nitrogen and oxygen atoms in total. The number of ether oxygens (including phenoxy) is 4. The molecule has 0 radical (unpaired) electrons. The maximum absolute atomic E-state index is 5.65. The molecule has 0 N–H and O–H groups in total. The summed E-state index contributed by atoms with van der Waals surface area (Å²) in [6.45, 7) is 7.88. The molecule has 0 heterocycles. The molecule has 0 saturated heterocycles. The Hall–Kier alpha value is -4.32. The van der Waals surface area contributed by atoms with E-state index in [4.69, 9.17) is 23.9 Å². The quantitative estimate of drug-likeness (QED) is 0.148. The van der Waals surface area contributed by atoms with Crippen molar-refractivity contribution in [2.45, 2.75) is 33.1 Å². The summed E-state index contributed by atoms with van der Waals surface area (Å²) in [5.74, 6) is 2.23. The highest BCUT2D eigenvalue weighted by atomic mass is 16.5. The molecule has 2 aliphatic rings. The molecule has 1 aromatic carbocycles. The molecule has 206 valence electrons. The van der Waals surface area contributed by atoms with Crippen LogP contribution < -0.4 is 4.74 Å². The number of nitrogens with zero attached hydrogens (tertiary/aromatic N) is 2. The summed E-state index contributed by atoms with van der Waals surface area (Å²) < 4.78 is 21.9. The zero-order valence-electron chi connectivity index (χ0n) is 23.9. The highest BCUT2D eigenvalue weighted by Gasteiger charge is 2.12. The highest BCUT2D eigenvalue weighted by Crippen LogP contribution is 2.32. The lowest BCUT2D eigenvalue weighted by Gasteiger charge is -2.12. The maximum Gasteiger partial charge on any atom is 0.220 e. The summed E-state index contributed by atoms with van der Waals surface area (Å²) in [6.07, 6.45) is 25.6. The third-order valence-corrected chi connectivity index (χ3v) is 5.72. The smallest absolute Gasteiger partial charge is 0.220 e. The van der Waals surface area contributed by atoms with E-state index in [2.05, 4.69) is 48.0 Å². The number of methoxy groups -OCH3 is 4. The van der Waals surface area contributed by atoms with Crippen molar-refractivity contribution in [3.63, 3.8) is 0 Å². The number of rotatable bonds is 8. The SMILES string of the molecule is C1=CCCC=C1.C=C(/C=C(OC)\C(=C/C)N=C(OC)C1=CCC=CC=C1)c1ccc(N=C(C)OC)c(OC)c1. The molecule has 0 aromatic heterocycles. The van der Waals surface area contributed by atoms with Crippen molar-refractivity contribution in [3.8, 4) is 5.75 Å². The van der Waals surface area contributed by atoms with Crippen molar-refractivity contribution in [2.24, 2.45) is 9.98 Å². The van der Waals surface area contributed by atoms with Crippen molar-refractivity contribution in [2.75, 3.05) is 28.4 Å². The van der Waals surface area contributed by atoms with Crippen molar-refractivity contribution in [3.05, 3.63) is 114 Å². The second-order valence-corrected chi connectivity index (χ2v) is 8.37. The van der Waals surface area contributed by atoms with Crippen LogP contribution in [0, 0.1) is 0 Å². The van der Waals surface area contributed by atoms with Crippen LogP contribution in [0.5, 0.6) is 5.75 Å². The van der Waals surface area contributed by atoms with Crippen LogP contribution in [-0.4, -0.2) is 40.2 Å². The van der Waals surface area contributed by atoms with E-state index in [0.717, 1.165) is 23.1 Å². The molecule has 0 amide bonds. The van der Waals surface area contributed by atoms with Gasteiger partial charge in [0.15, 0.2) is 5.90 Å². The van der Waals surface area contributed by atoms with E-state index in [1.807, 2.05) is 55.5 Å². The Labute approximate surface area is 233 Å². The largest absolute Gasteiger partial charge is 0.494 e. The zero-order valence-corrected chi connectivity index (χ0v) is 23.9. The van der Waals surface area contributed by atoms with E-state index in [0.29, 0.717) is 34.7 Å². The van der Waals surface area contributed by atoms with Crippen LogP contribution in [-0.2, 0) is 14.2 Å². The number of allylic oxidation sites excluding steroid dienone is 11. The summed E-state index contributed by atoms with van der Waals surface area (Å²) in [5.41, 5.74) is 3.80. The molecule has 39 heavy (non-hydrogen) atoms. The molecule has 6 heteroatoms. The van der Waals surface area contributed by atoms with Gasteiger partial charge in [-0.3, -0.25) is 0 Å². The lowest BCUT2D eigenvalue weighted by molar-refractivity contribution is 0.299. The van der Waals surface area contributed by atoms with Crippen LogP contribution in [0.15, 0.2) is 119 Å². The molecule has 0 unspecified atom stereocenters. The predicted octanol–water partition coefficient (Wildman–Crippen LogP) is 8.22. The van der Waals surface area contributed by atoms with Crippen LogP contribution >= 0.6 is 0 Å². The lowest BCUT2D eigenvalue weighted by Crippen LogP contribution is -2.06. The first kappa shape index (κ1) is 30.9. The fourth-order valence-electron chi connectivity index (χ4n) is 3.54. The van der Waals surface area contributed by atoms with E-state index < -0.39 is 0 Å². The topological polar surface area (TPSA) is 61.6 Å². The molecule has 3 rings (SSSR count). The lowest BCUT2D eigenvalue weighted by atomic mass is 10.0. The Kier molecular flexibility index (Phi) is 13.7. The Morgan fingerprint density at radius 3 is 2.21 bits per heavy atom. The van der Waals surface area contributed by atoms with Gasteiger partial charge < -0.3 is 18.9 Å². The Morgan fingerprint density at radius 1 is 0.923 bits per heavy atom. The third-order valence-electron chi connectivity index (χ3n) is 5.72. The molecular weight excluding hydrogens is 488 g/mol. The van der Waals surface area contributed by atoms with Gasteiger partial charge in [0.1, 0.15) is 22.9 Å². The van der Waals surface area contributed by atoms with Gasteiger partial charge in [-0.1, -0.05) is 67.3 Å². The van der Waals surface area contributed by atoms with Crippen LogP contribution in [0.4, 0.5) is 5.69 Å². The van der Waals surface area contributed by atoms with Crippen molar-refractivity contribution in [1.29, 1.82) is 0 Å². The minimum absolute atomic E-state index is 0.508. The summed E-state index contributed by atoms with van der Waals surface area (Å²) in [4.78, 5) is 9.11. The summed E-state index contributed by atoms with van der Waals surface area (Å²) in [7, 11) is 6.39. The number of hydrogen-bond acceptors (Lipinski definition) is 6. The van der Waals surface area contributed by atoms with E-state index in [-0.39, 0.29) is 0 Å². The maximum atomic E-state index is 5.65. The molecule has 0 bridgehead atoms. The standard InChI is InChI=1S/C27H32N2O4.C6H8/c1-8-23(29-27(33-7)21-13-11-9-10-12-14-21)25(31-5)17-19(2)22-15-16-24(26(18-22)32-6)28-20(3)30-4;1-2-4-6-5-3-1/h8-11,13-18H,2,12H2,1,3-7H3;1-4H,5-6H2/b23-8+,25-17+,28-20?,29-27?;. The summed E-state index contributed by atoms with van der Waals surface area (Å²) >= 11 is 0. The average Bonchev–Trinajstić information content (AvgIpc) is 3.27. The van der Waals surface area contributed by atoms with Gasteiger partial charge in [0.2, 0.25) is 5.90 Å². The van der Waals surface area contributed by atoms with Crippen LogP contribution in [0.25, 0.3) is 5.57 Å². The van der Waals surface area contributed by atoms with Crippen molar-refractivity contribution in [1.82, 2.24) is 0 Å². The van der Waals surface area contributed by atoms with Gasteiger partial charge in [0.05, 0.1) is 28.4 Å². The average molecular weight is 529 g/mol. The molecule has 0 fully saturated rings. The normalized spacial score (nSPS) is 15.6. The Bertz CT molecular complexity index is 1240. The molecule has 0 atom stereocenters. The number of aliphatic imine (C=N–C) groups is 2.